The summed E-state index contributed by atoms with van der Waals surface area (Å²) in [4.78, 5) is 17.3. The molecule has 0 radical (unpaired) electrons. The number of carbonyl (C=O) groups is 1. The molecule has 4 nitrogen and oxygen atoms in total. The highest BCUT2D eigenvalue weighted by atomic mass is 35.5. The Morgan fingerprint density at radius 2 is 1.92 bits per heavy atom. The van der Waals surface area contributed by atoms with Crippen LogP contribution >= 0.6 is 11.6 Å². The summed E-state index contributed by atoms with van der Waals surface area (Å²) in [5, 5.41) is 4.60. The third-order valence-electron chi connectivity index (χ3n) is 4.58. The van der Waals surface area contributed by atoms with Crippen LogP contribution in [0.5, 0.6) is 5.75 Å². The van der Waals surface area contributed by atoms with Gasteiger partial charge in [0.05, 0.1) is 24.7 Å². The number of nitrogens with one attached hydrogen (secondary N) is 1. The molecule has 0 bridgehead atoms. The fourth-order valence-corrected chi connectivity index (χ4v) is 3.27. The number of carbonyl (C=O) groups excluding carboxylic acids is 1. The summed E-state index contributed by atoms with van der Waals surface area (Å²) in [7, 11) is 1.55. The van der Waals surface area contributed by atoms with Gasteiger partial charge >= 0.3 is 0 Å². The first-order valence-electron chi connectivity index (χ1n) is 8.39. The van der Waals surface area contributed by atoms with Crippen molar-refractivity contribution < 1.29 is 9.53 Å². The van der Waals surface area contributed by atoms with E-state index in [1.54, 1.807) is 13.2 Å². The lowest BCUT2D eigenvalue weighted by Gasteiger charge is -2.15. The molecule has 0 aliphatic heterocycles. The molecule has 0 unspecified atom stereocenters. The fourth-order valence-electron chi connectivity index (χ4n) is 3.12. The average molecular weight is 369 g/mol. The predicted octanol–water partition coefficient (Wildman–Crippen LogP) is 5.00. The van der Waals surface area contributed by atoms with Crippen LogP contribution in [0.2, 0.25) is 5.02 Å². The molecule has 0 aliphatic carbocycles. The van der Waals surface area contributed by atoms with Crippen LogP contribution in [0.15, 0.2) is 36.4 Å². The standard InChI is InChI=1S/C21H21ClN2O2/c1-12-9-19(20(26-4)11-17(12)22)24-21(25)10-16-13(2)15-7-5-6-8-18(15)23-14(16)3/h5-9,11H,10H2,1-4H3,(H,24,25). The number of methoxy groups -OCH3 is 1. The maximum absolute atomic E-state index is 12.7. The summed E-state index contributed by atoms with van der Waals surface area (Å²) >= 11 is 6.13. The van der Waals surface area contributed by atoms with Gasteiger partial charge in [0.2, 0.25) is 5.91 Å². The Morgan fingerprint density at radius 1 is 1.19 bits per heavy atom. The van der Waals surface area contributed by atoms with E-state index in [4.69, 9.17) is 16.3 Å². The lowest BCUT2D eigenvalue weighted by atomic mass is 9.99. The Hall–Kier alpha value is -2.59. The topological polar surface area (TPSA) is 51.2 Å². The van der Waals surface area contributed by atoms with E-state index in [-0.39, 0.29) is 12.3 Å². The highest BCUT2D eigenvalue weighted by Crippen LogP contribution is 2.31. The third kappa shape index (κ3) is 3.51. The minimum Gasteiger partial charge on any atom is -0.495 e. The molecular weight excluding hydrogens is 348 g/mol. The number of hydrogen-bond acceptors (Lipinski definition) is 3. The monoisotopic (exact) mass is 368 g/mol. The van der Waals surface area contributed by atoms with Crippen molar-refractivity contribution in [2.75, 3.05) is 12.4 Å². The Kier molecular flexibility index (Phi) is 5.14. The van der Waals surface area contributed by atoms with E-state index >= 15 is 0 Å². The van der Waals surface area contributed by atoms with E-state index < -0.39 is 0 Å². The van der Waals surface area contributed by atoms with Crippen LogP contribution in [-0.4, -0.2) is 18.0 Å². The number of ether oxygens (including phenoxy) is 1. The molecule has 3 aromatic rings. The quantitative estimate of drug-likeness (QED) is 0.704. The first-order chi connectivity index (χ1) is 12.4. The predicted molar refractivity (Wildman–Crippen MR) is 106 cm³/mol. The molecule has 0 aliphatic rings. The molecule has 3 rings (SSSR count). The summed E-state index contributed by atoms with van der Waals surface area (Å²) in [5.74, 6) is 0.423. The van der Waals surface area contributed by atoms with Gasteiger partial charge in [0.15, 0.2) is 0 Å². The zero-order valence-electron chi connectivity index (χ0n) is 15.3. The van der Waals surface area contributed by atoms with Crippen molar-refractivity contribution in [1.82, 2.24) is 4.98 Å². The van der Waals surface area contributed by atoms with Crippen molar-refractivity contribution in [3.05, 3.63) is 63.8 Å². The summed E-state index contributed by atoms with van der Waals surface area (Å²) in [6.07, 6.45) is 0.250. The van der Waals surface area contributed by atoms with Gasteiger partial charge in [-0.05, 0) is 49.6 Å². The molecule has 1 aromatic heterocycles. The van der Waals surface area contributed by atoms with Crippen molar-refractivity contribution >= 4 is 34.1 Å². The van der Waals surface area contributed by atoms with Crippen LogP contribution in [0.25, 0.3) is 10.9 Å². The van der Waals surface area contributed by atoms with Gasteiger partial charge < -0.3 is 10.1 Å². The molecule has 0 atom stereocenters. The molecule has 134 valence electrons. The van der Waals surface area contributed by atoms with Gasteiger partial charge in [0.25, 0.3) is 0 Å². The number of aryl methyl sites for hydroxylation is 3. The zero-order chi connectivity index (χ0) is 18.8. The number of fused-ring (bicyclic) bond motifs is 1. The third-order valence-corrected chi connectivity index (χ3v) is 4.98. The summed E-state index contributed by atoms with van der Waals surface area (Å²) in [6, 6.07) is 11.5. The van der Waals surface area contributed by atoms with Crippen molar-refractivity contribution in [3.8, 4) is 5.75 Å². The number of benzene rings is 2. The molecule has 1 amide bonds. The van der Waals surface area contributed by atoms with Gasteiger partial charge in [0, 0.05) is 22.2 Å². The first kappa shape index (κ1) is 18.2. The van der Waals surface area contributed by atoms with Gasteiger partial charge in [-0.25, -0.2) is 0 Å². The summed E-state index contributed by atoms with van der Waals surface area (Å²) in [6.45, 7) is 5.86. The van der Waals surface area contributed by atoms with Gasteiger partial charge in [-0.2, -0.15) is 0 Å². The molecule has 0 saturated heterocycles. The van der Waals surface area contributed by atoms with Crippen molar-refractivity contribution in [2.45, 2.75) is 27.2 Å². The van der Waals surface area contributed by atoms with E-state index in [1.807, 2.05) is 51.1 Å². The number of anilines is 1. The van der Waals surface area contributed by atoms with Gasteiger partial charge in [-0.15, -0.1) is 0 Å². The van der Waals surface area contributed by atoms with Crippen LogP contribution in [-0.2, 0) is 11.2 Å². The number of amides is 1. The van der Waals surface area contributed by atoms with Gasteiger partial charge in [-0.3, -0.25) is 9.78 Å². The van der Waals surface area contributed by atoms with Crippen LogP contribution in [0.1, 0.15) is 22.4 Å². The van der Waals surface area contributed by atoms with Crippen LogP contribution in [0.4, 0.5) is 5.69 Å². The van der Waals surface area contributed by atoms with Crippen molar-refractivity contribution in [2.24, 2.45) is 0 Å². The van der Waals surface area contributed by atoms with E-state index in [9.17, 15) is 4.79 Å². The van der Waals surface area contributed by atoms with E-state index in [0.717, 1.165) is 33.3 Å². The van der Waals surface area contributed by atoms with E-state index in [2.05, 4.69) is 10.3 Å². The van der Waals surface area contributed by atoms with Gasteiger partial charge in [0.1, 0.15) is 5.75 Å². The number of hydrogen-bond donors (Lipinski definition) is 1. The Balaban J connectivity index is 1.90. The highest BCUT2D eigenvalue weighted by molar-refractivity contribution is 6.31. The van der Waals surface area contributed by atoms with Gasteiger partial charge in [-0.1, -0.05) is 29.8 Å². The normalized spacial score (nSPS) is 10.8. The Morgan fingerprint density at radius 3 is 2.65 bits per heavy atom. The van der Waals surface area contributed by atoms with E-state index in [1.165, 1.54) is 0 Å². The molecule has 0 fully saturated rings. The highest BCUT2D eigenvalue weighted by Gasteiger charge is 2.15. The second kappa shape index (κ2) is 7.34. The molecule has 1 heterocycles. The van der Waals surface area contributed by atoms with E-state index in [0.29, 0.717) is 16.5 Å². The van der Waals surface area contributed by atoms with Crippen LogP contribution in [0.3, 0.4) is 0 Å². The Bertz CT molecular complexity index is 999. The minimum absolute atomic E-state index is 0.117. The number of para-hydroxylation sites is 1. The molecule has 2 aromatic carbocycles. The molecular formula is C21H21ClN2O2. The second-order valence-corrected chi connectivity index (χ2v) is 6.75. The minimum atomic E-state index is -0.117. The number of halogens is 1. The number of pyridine rings is 1. The molecule has 5 heteroatoms. The lowest BCUT2D eigenvalue weighted by molar-refractivity contribution is -0.115. The number of aromatic nitrogens is 1. The average Bonchev–Trinajstić information content (AvgIpc) is 2.61. The van der Waals surface area contributed by atoms with Crippen molar-refractivity contribution in [1.29, 1.82) is 0 Å². The SMILES string of the molecule is COc1cc(Cl)c(C)cc1NC(=O)Cc1c(C)nc2ccccc2c1C. The molecule has 0 saturated carbocycles. The number of nitrogens with zero attached hydrogens (tertiary/aromatic N) is 1. The Labute approximate surface area is 158 Å². The summed E-state index contributed by atoms with van der Waals surface area (Å²) in [5.41, 5.74) is 5.34. The number of rotatable bonds is 4. The summed E-state index contributed by atoms with van der Waals surface area (Å²) < 4.78 is 5.33. The molecule has 26 heavy (non-hydrogen) atoms. The van der Waals surface area contributed by atoms with Crippen LogP contribution in [0, 0.1) is 20.8 Å². The smallest absolute Gasteiger partial charge is 0.228 e. The lowest BCUT2D eigenvalue weighted by Crippen LogP contribution is -2.17. The largest absolute Gasteiger partial charge is 0.495 e. The maximum Gasteiger partial charge on any atom is 0.228 e. The molecule has 1 N–H and O–H groups in total. The first-order valence-corrected chi connectivity index (χ1v) is 8.77. The van der Waals surface area contributed by atoms with Crippen LogP contribution < -0.4 is 10.1 Å². The van der Waals surface area contributed by atoms with Crippen molar-refractivity contribution in [3.63, 3.8) is 0 Å². The maximum atomic E-state index is 12.7. The fraction of sp³-hybridized carbons (Fsp3) is 0.238. The molecule has 0 spiro atoms. The zero-order valence-corrected chi connectivity index (χ0v) is 16.1. The second-order valence-electron chi connectivity index (χ2n) is 6.34.